The Morgan fingerprint density at radius 1 is 1.23 bits per heavy atom. The summed E-state index contributed by atoms with van der Waals surface area (Å²) in [6.45, 7) is 3.48. The summed E-state index contributed by atoms with van der Waals surface area (Å²) in [6.07, 6.45) is 4.27. The van der Waals surface area contributed by atoms with Crippen LogP contribution in [0, 0.1) is 0 Å². The lowest BCUT2D eigenvalue weighted by atomic mass is 10.1. The van der Waals surface area contributed by atoms with Gasteiger partial charge in [0.15, 0.2) is 6.29 Å². The number of carbonyl (C=O) groups is 2. The lowest BCUT2D eigenvalue weighted by molar-refractivity contribution is -0.161. The van der Waals surface area contributed by atoms with Gasteiger partial charge in [-0.1, -0.05) is 25.1 Å². The average molecular weight is 381 g/mol. The summed E-state index contributed by atoms with van der Waals surface area (Å²) >= 11 is 1.65. The van der Waals surface area contributed by atoms with Crippen molar-refractivity contribution in [1.29, 1.82) is 0 Å². The van der Waals surface area contributed by atoms with E-state index in [2.05, 4.69) is 12.1 Å². The van der Waals surface area contributed by atoms with E-state index in [1.54, 1.807) is 18.7 Å². The molecule has 1 aromatic rings. The smallest absolute Gasteiger partial charge is 0.313 e. The Morgan fingerprint density at radius 2 is 2.08 bits per heavy atom. The molecule has 26 heavy (non-hydrogen) atoms. The second-order valence-corrected chi connectivity index (χ2v) is 7.30. The topological polar surface area (TPSA) is 61.8 Å². The molecule has 0 saturated carbocycles. The van der Waals surface area contributed by atoms with Crippen LogP contribution in [0.3, 0.4) is 0 Å². The summed E-state index contributed by atoms with van der Waals surface area (Å²) in [5.74, 6) is 0.136. The van der Waals surface area contributed by atoms with E-state index in [-0.39, 0.29) is 18.5 Å². The molecule has 1 atom stereocenters. The molecule has 0 spiro atoms. The third-order valence-electron chi connectivity index (χ3n) is 4.13. The van der Waals surface area contributed by atoms with Crippen LogP contribution in [0.15, 0.2) is 29.2 Å². The van der Waals surface area contributed by atoms with Gasteiger partial charge in [-0.3, -0.25) is 9.59 Å². The van der Waals surface area contributed by atoms with Gasteiger partial charge in [0, 0.05) is 23.7 Å². The third-order valence-corrected chi connectivity index (χ3v) is 5.21. The van der Waals surface area contributed by atoms with Crippen molar-refractivity contribution < 1.29 is 23.8 Å². The molecule has 1 aromatic carbocycles. The number of carbonyl (C=O) groups excluding carboxylic acids is 2. The van der Waals surface area contributed by atoms with Gasteiger partial charge in [0.05, 0.1) is 6.61 Å². The largest absolute Gasteiger partial charge is 0.464 e. The van der Waals surface area contributed by atoms with Gasteiger partial charge < -0.3 is 14.2 Å². The van der Waals surface area contributed by atoms with Gasteiger partial charge in [-0.25, -0.2) is 0 Å². The predicted octanol–water partition coefficient (Wildman–Crippen LogP) is 3.78. The fraction of sp³-hybridized carbons (Fsp3) is 0.600. The molecule has 5 nitrogen and oxygen atoms in total. The minimum atomic E-state index is -0.438. The van der Waals surface area contributed by atoms with Crippen LogP contribution < -0.4 is 0 Å². The zero-order valence-corrected chi connectivity index (χ0v) is 16.2. The first-order valence-electron chi connectivity index (χ1n) is 9.30. The molecule has 1 aliphatic rings. The fourth-order valence-corrected chi connectivity index (χ4v) is 3.56. The van der Waals surface area contributed by atoms with Gasteiger partial charge in [0.2, 0.25) is 0 Å². The van der Waals surface area contributed by atoms with Crippen molar-refractivity contribution in [2.75, 3.05) is 25.6 Å². The first kappa shape index (κ1) is 20.9. The molecule has 6 heteroatoms. The van der Waals surface area contributed by atoms with Gasteiger partial charge in [0.25, 0.3) is 0 Å². The molecule has 0 aromatic heterocycles. The summed E-state index contributed by atoms with van der Waals surface area (Å²) in [7, 11) is 0. The van der Waals surface area contributed by atoms with Crippen LogP contribution in [0.1, 0.15) is 44.6 Å². The number of esters is 1. The van der Waals surface area contributed by atoms with Crippen molar-refractivity contribution in [2.24, 2.45) is 0 Å². The highest BCUT2D eigenvalue weighted by Crippen LogP contribution is 2.23. The molecule has 0 radical (unpaired) electrons. The zero-order valence-electron chi connectivity index (χ0n) is 15.4. The molecular weight excluding hydrogens is 352 g/mol. The highest BCUT2D eigenvalue weighted by atomic mass is 32.2. The Labute approximate surface area is 159 Å². The first-order valence-corrected chi connectivity index (χ1v) is 10.3. The molecule has 1 fully saturated rings. The van der Waals surface area contributed by atoms with Crippen LogP contribution in [0.25, 0.3) is 0 Å². The van der Waals surface area contributed by atoms with Crippen molar-refractivity contribution >= 4 is 23.5 Å². The van der Waals surface area contributed by atoms with Gasteiger partial charge in [0.1, 0.15) is 18.8 Å². The Balaban J connectivity index is 1.68. The molecule has 0 aliphatic carbocycles. The van der Waals surface area contributed by atoms with Crippen molar-refractivity contribution in [3.8, 4) is 0 Å². The van der Waals surface area contributed by atoms with Crippen LogP contribution in [0.4, 0.5) is 0 Å². The van der Waals surface area contributed by atoms with E-state index in [1.807, 2.05) is 12.1 Å². The van der Waals surface area contributed by atoms with Crippen molar-refractivity contribution in [1.82, 2.24) is 0 Å². The Kier molecular flexibility index (Phi) is 9.74. The molecule has 0 N–H and O–H groups in total. The maximum absolute atomic E-state index is 11.5. The van der Waals surface area contributed by atoms with Gasteiger partial charge >= 0.3 is 5.97 Å². The van der Waals surface area contributed by atoms with Crippen molar-refractivity contribution in [3.05, 3.63) is 29.8 Å². The molecule has 1 aliphatic heterocycles. The number of ketones is 1. The zero-order chi connectivity index (χ0) is 18.6. The maximum Gasteiger partial charge on any atom is 0.313 e. The molecule has 2 rings (SSSR count). The summed E-state index contributed by atoms with van der Waals surface area (Å²) in [6, 6.07) is 8.19. The van der Waals surface area contributed by atoms with E-state index in [0.29, 0.717) is 25.4 Å². The first-order chi connectivity index (χ1) is 12.7. The maximum atomic E-state index is 11.5. The van der Waals surface area contributed by atoms with Gasteiger partial charge in [-0.05, 0) is 37.3 Å². The number of rotatable bonds is 11. The lowest BCUT2D eigenvalue weighted by Crippen LogP contribution is -2.23. The van der Waals surface area contributed by atoms with Crippen LogP contribution in [0.2, 0.25) is 0 Å². The molecular formula is C20H28O5S. The molecule has 1 saturated heterocycles. The number of thioether (sulfide) groups is 1. The predicted molar refractivity (Wildman–Crippen MR) is 101 cm³/mol. The summed E-state index contributed by atoms with van der Waals surface area (Å²) in [5, 5.41) is 0. The standard InChI is InChI=1S/C20H28O5S/c1-2-17(21)15-19(22)23-13-14-26-18-8-4-3-7-16(18)10-12-25-20-9-5-6-11-24-20/h3-4,7-8,20H,2,5-6,9-15H2,1H3. The summed E-state index contributed by atoms with van der Waals surface area (Å²) in [5.41, 5.74) is 1.22. The third kappa shape index (κ3) is 7.89. The Bertz CT molecular complexity index is 569. The summed E-state index contributed by atoms with van der Waals surface area (Å²) < 4.78 is 16.5. The van der Waals surface area contributed by atoms with E-state index in [4.69, 9.17) is 14.2 Å². The van der Waals surface area contributed by atoms with E-state index < -0.39 is 5.97 Å². The molecule has 1 heterocycles. The summed E-state index contributed by atoms with van der Waals surface area (Å²) in [4.78, 5) is 23.9. The van der Waals surface area contributed by atoms with E-state index in [1.165, 1.54) is 16.9 Å². The Hall–Kier alpha value is -1.37. The normalized spacial score (nSPS) is 17.0. The monoisotopic (exact) mass is 380 g/mol. The molecule has 0 amide bonds. The molecule has 0 bridgehead atoms. The van der Waals surface area contributed by atoms with E-state index in [0.717, 1.165) is 25.9 Å². The van der Waals surface area contributed by atoms with Crippen LogP contribution in [0.5, 0.6) is 0 Å². The fourth-order valence-electron chi connectivity index (χ4n) is 2.64. The van der Waals surface area contributed by atoms with Gasteiger partial charge in [-0.2, -0.15) is 0 Å². The van der Waals surface area contributed by atoms with Crippen molar-refractivity contribution in [3.63, 3.8) is 0 Å². The lowest BCUT2D eigenvalue weighted by Gasteiger charge is -2.22. The van der Waals surface area contributed by atoms with Crippen LogP contribution in [-0.4, -0.2) is 43.6 Å². The number of Topliss-reactive ketones (excluding diaryl/α,β-unsaturated/α-hetero) is 1. The molecule has 144 valence electrons. The number of hydrogen-bond donors (Lipinski definition) is 0. The second-order valence-electron chi connectivity index (χ2n) is 6.16. The highest BCUT2D eigenvalue weighted by molar-refractivity contribution is 7.99. The van der Waals surface area contributed by atoms with Crippen molar-refractivity contribution in [2.45, 2.75) is 56.6 Å². The number of ether oxygens (including phenoxy) is 3. The molecule has 1 unspecified atom stereocenters. The van der Waals surface area contributed by atoms with Gasteiger partial charge in [-0.15, -0.1) is 11.8 Å². The number of hydrogen-bond acceptors (Lipinski definition) is 6. The SMILES string of the molecule is CCC(=O)CC(=O)OCCSc1ccccc1CCOC1CCCCO1. The van der Waals surface area contributed by atoms with Crippen LogP contribution in [-0.2, 0) is 30.2 Å². The van der Waals surface area contributed by atoms with E-state index in [9.17, 15) is 9.59 Å². The Morgan fingerprint density at radius 3 is 2.85 bits per heavy atom. The van der Waals surface area contributed by atoms with Crippen LogP contribution >= 0.6 is 11.8 Å². The minimum Gasteiger partial charge on any atom is -0.464 e. The van der Waals surface area contributed by atoms with E-state index >= 15 is 0 Å². The average Bonchev–Trinajstić information content (AvgIpc) is 2.67. The number of benzene rings is 1. The highest BCUT2D eigenvalue weighted by Gasteiger charge is 2.14. The second kappa shape index (κ2) is 12.1. The minimum absolute atomic E-state index is 0.0613. The quantitative estimate of drug-likeness (QED) is 0.252.